The van der Waals surface area contributed by atoms with E-state index < -0.39 is 6.09 Å². The predicted molar refractivity (Wildman–Crippen MR) is 97.8 cm³/mol. The number of carbonyl (C=O) groups is 1. The first kappa shape index (κ1) is 16.7. The number of fused-ring (bicyclic) bond motifs is 3. The smallest absolute Gasteiger partial charge is 0.409 e. The van der Waals surface area contributed by atoms with Gasteiger partial charge in [0, 0.05) is 37.8 Å². The number of nitrogens with zero attached hydrogens (tertiary/aromatic N) is 3. The number of ether oxygens (including phenoxy) is 1. The summed E-state index contributed by atoms with van der Waals surface area (Å²) in [5.41, 5.74) is 5.47. The Morgan fingerprint density at radius 3 is 2.72 bits per heavy atom. The Morgan fingerprint density at radius 2 is 1.96 bits per heavy atom. The van der Waals surface area contributed by atoms with Gasteiger partial charge in [-0.25, -0.2) is 9.80 Å². The Hall–Kier alpha value is -1.79. The van der Waals surface area contributed by atoms with Gasteiger partial charge in [-0.05, 0) is 50.1 Å². The van der Waals surface area contributed by atoms with E-state index >= 15 is 0 Å². The minimum atomic E-state index is -0.390. The van der Waals surface area contributed by atoms with E-state index in [-0.39, 0.29) is 5.41 Å². The number of nitrogens with one attached hydrogen (secondary N) is 1. The van der Waals surface area contributed by atoms with Gasteiger partial charge in [-0.1, -0.05) is 13.3 Å². The summed E-state index contributed by atoms with van der Waals surface area (Å²) in [5.74, 6) is 0.623. The van der Waals surface area contributed by atoms with E-state index in [9.17, 15) is 4.79 Å². The highest BCUT2D eigenvalue weighted by molar-refractivity contribution is 5.72. The molecule has 3 heterocycles. The number of benzene rings is 1. The summed E-state index contributed by atoms with van der Waals surface area (Å²) in [5, 5.41) is 1.95. The molecule has 136 valence electrons. The first-order valence-electron chi connectivity index (χ1n) is 9.30. The molecule has 0 spiro atoms. The highest BCUT2D eigenvalue weighted by Crippen LogP contribution is 2.51. The Labute approximate surface area is 149 Å². The lowest BCUT2D eigenvalue weighted by atomic mass is 9.81. The summed E-state index contributed by atoms with van der Waals surface area (Å²) in [6.45, 7) is 5.21. The van der Waals surface area contributed by atoms with Crippen molar-refractivity contribution in [2.75, 3.05) is 38.6 Å². The van der Waals surface area contributed by atoms with Gasteiger partial charge in [-0.2, -0.15) is 0 Å². The van der Waals surface area contributed by atoms with Crippen molar-refractivity contribution in [3.63, 3.8) is 0 Å². The Balaban J connectivity index is 1.50. The third-order valence-corrected chi connectivity index (χ3v) is 6.12. The van der Waals surface area contributed by atoms with Gasteiger partial charge in [0.15, 0.2) is 0 Å². The molecule has 1 unspecified atom stereocenters. The van der Waals surface area contributed by atoms with Crippen LogP contribution >= 0.6 is 0 Å². The maximum absolute atomic E-state index is 12.2. The molecular formula is C19H28N4O2. The quantitative estimate of drug-likeness (QED) is 0.893. The third kappa shape index (κ3) is 2.77. The van der Waals surface area contributed by atoms with Gasteiger partial charge in [-0.15, -0.1) is 0 Å². The largest absolute Gasteiger partial charge is 0.427 e. The van der Waals surface area contributed by atoms with Crippen molar-refractivity contribution in [1.29, 1.82) is 0 Å². The van der Waals surface area contributed by atoms with Gasteiger partial charge in [-0.3, -0.25) is 10.3 Å². The second kappa shape index (κ2) is 6.18. The molecule has 3 aliphatic rings. The highest BCUT2D eigenvalue weighted by Gasteiger charge is 2.52. The van der Waals surface area contributed by atoms with Crippen molar-refractivity contribution in [3.05, 3.63) is 23.8 Å². The van der Waals surface area contributed by atoms with Crippen molar-refractivity contribution in [2.45, 2.75) is 44.2 Å². The second-order valence-electron chi connectivity index (χ2n) is 7.86. The normalized spacial score (nSPS) is 29.4. The average molecular weight is 344 g/mol. The number of carbonyl (C=O) groups excluding carboxylic acids is 1. The molecule has 3 aliphatic heterocycles. The Kier molecular flexibility index (Phi) is 4.12. The first-order valence-corrected chi connectivity index (χ1v) is 9.30. The lowest BCUT2D eigenvalue weighted by Crippen LogP contribution is -2.46. The van der Waals surface area contributed by atoms with Gasteiger partial charge < -0.3 is 9.64 Å². The van der Waals surface area contributed by atoms with Gasteiger partial charge in [0.2, 0.25) is 0 Å². The zero-order chi connectivity index (χ0) is 17.6. The summed E-state index contributed by atoms with van der Waals surface area (Å²) in [7, 11) is 4.34. The molecule has 1 aromatic carbocycles. The molecule has 25 heavy (non-hydrogen) atoms. The summed E-state index contributed by atoms with van der Waals surface area (Å²) < 4.78 is 5.57. The molecule has 6 heteroatoms. The molecular weight excluding hydrogens is 316 g/mol. The zero-order valence-electron chi connectivity index (χ0n) is 15.4. The molecule has 1 N–H and O–H groups in total. The van der Waals surface area contributed by atoms with E-state index in [2.05, 4.69) is 48.4 Å². The number of anilines is 1. The van der Waals surface area contributed by atoms with Gasteiger partial charge >= 0.3 is 6.09 Å². The number of likely N-dealkylation sites (tertiary alicyclic amines) is 1. The van der Waals surface area contributed by atoms with E-state index in [0.29, 0.717) is 11.9 Å². The van der Waals surface area contributed by atoms with Crippen LogP contribution in [0.2, 0.25) is 0 Å². The summed E-state index contributed by atoms with van der Waals surface area (Å²) in [6, 6.07) is 6.03. The van der Waals surface area contributed by atoms with Crippen LogP contribution < -0.4 is 15.1 Å². The molecule has 0 aromatic heterocycles. The number of hydrogen-bond acceptors (Lipinski definition) is 5. The van der Waals surface area contributed by atoms with Gasteiger partial charge in [0.05, 0.1) is 6.17 Å². The Bertz CT molecular complexity index is 673. The second-order valence-corrected chi connectivity index (χ2v) is 7.86. The summed E-state index contributed by atoms with van der Waals surface area (Å²) in [4.78, 5) is 17.0. The number of rotatable bonds is 2. The van der Waals surface area contributed by atoms with Crippen molar-refractivity contribution < 1.29 is 9.53 Å². The van der Waals surface area contributed by atoms with E-state index in [1.165, 1.54) is 17.7 Å². The molecule has 4 rings (SSSR count). The van der Waals surface area contributed by atoms with Crippen LogP contribution in [0.5, 0.6) is 5.75 Å². The van der Waals surface area contributed by atoms with Crippen LogP contribution in [-0.2, 0) is 5.41 Å². The molecule has 2 atom stereocenters. The van der Waals surface area contributed by atoms with Crippen LogP contribution in [0.25, 0.3) is 0 Å². The monoisotopic (exact) mass is 344 g/mol. The number of amides is 1. The van der Waals surface area contributed by atoms with Crippen LogP contribution in [-0.4, -0.2) is 55.9 Å². The van der Waals surface area contributed by atoms with E-state index in [4.69, 9.17) is 4.74 Å². The zero-order valence-corrected chi connectivity index (χ0v) is 15.4. The number of hydrazine groups is 1. The lowest BCUT2D eigenvalue weighted by Gasteiger charge is -2.32. The van der Waals surface area contributed by atoms with Crippen molar-refractivity contribution >= 4 is 11.8 Å². The fourth-order valence-electron chi connectivity index (χ4n) is 4.88. The van der Waals surface area contributed by atoms with Gasteiger partial charge in [0.25, 0.3) is 0 Å². The van der Waals surface area contributed by atoms with Gasteiger partial charge in [0.1, 0.15) is 5.75 Å². The molecule has 6 nitrogen and oxygen atoms in total. The van der Waals surface area contributed by atoms with Crippen LogP contribution in [0.1, 0.15) is 38.2 Å². The fraction of sp³-hybridized carbons (Fsp3) is 0.632. The Morgan fingerprint density at radius 1 is 1.20 bits per heavy atom. The van der Waals surface area contributed by atoms with Crippen molar-refractivity contribution in [1.82, 2.24) is 15.3 Å². The summed E-state index contributed by atoms with van der Waals surface area (Å²) >= 11 is 0. The standard InChI is InChI=1S/C19H28N4O2/c1-19-9-12-21(2)17(19)22(3)16-8-7-14(13-15(16)19)25-18(24)20-23-10-5-4-6-11-23/h7-8,13,17H,4-6,9-12H2,1-3H3,(H,20,24)/t17?,19-/m1/s1. The lowest BCUT2D eigenvalue weighted by molar-refractivity contribution is 0.129. The molecule has 2 fully saturated rings. The molecule has 1 amide bonds. The molecule has 0 saturated carbocycles. The molecule has 0 bridgehead atoms. The summed E-state index contributed by atoms with van der Waals surface area (Å²) in [6.07, 6.45) is 4.59. The average Bonchev–Trinajstić information content (AvgIpc) is 3.01. The first-order chi connectivity index (χ1) is 12.0. The SMILES string of the molecule is CN1CC[C@]2(C)c3cc(OC(=O)NN4CCCCC4)ccc3N(C)C12. The van der Waals surface area contributed by atoms with Crippen LogP contribution in [0.4, 0.5) is 10.5 Å². The number of likely N-dealkylation sites (N-methyl/N-ethyl adjacent to an activating group) is 2. The third-order valence-electron chi connectivity index (χ3n) is 6.12. The van der Waals surface area contributed by atoms with Crippen LogP contribution in [0.3, 0.4) is 0 Å². The van der Waals surface area contributed by atoms with E-state index in [1.54, 1.807) is 0 Å². The predicted octanol–water partition coefficient (Wildman–Crippen LogP) is 2.55. The number of hydrogen-bond donors (Lipinski definition) is 1. The van der Waals surface area contributed by atoms with E-state index in [0.717, 1.165) is 38.9 Å². The number of piperidine rings is 1. The van der Waals surface area contributed by atoms with Crippen molar-refractivity contribution in [3.8, 4) is 5.75 Å². The maximum Gasteiger partial charge on any atom is 0.427 e. The molecule has 2 saturated heterocycles. The van der Waals surface area contributed by atoms with Crippen LogP contribution in [0, 0.1) is 0 Å². The van der Waals surface area contributed by atoms with Crippen molar-refractivity contribution in [2.24, 2.45) is 0 Å². The van der Waals surface area contributed by atoms with Crippen LogP contribution in [0.15, 0.2) is 18.2 Å². The topological polar surface area (TPSA) is 48.1 Å². The minimum absolute atomic E-state index is 0.0849. The fourth-order valence-corrected chi connectivity index (χ4v) is 4.88. The highest BCUT2D eigenvalue weighted by atomic mass is 16.6. The molecule has 1 aromatic rings. The molecule has 0 radical (unpaired) electrons. The maximum atomic E-state index is 12.2. The molecule has 0 aliphatic carbocycles. The minimum Gasteiger partial charge on any atom is -0.409 e. The van der Waals surface area contributed by atoms with E-state index in [1.807, 2.05) is 11.1 Å².